The molecule has 1 amide bonds. The van der Waals surface area contributed by atoms with Crippen LogP contribution in [0.25, 0.3) is 0 Å². The molecule has 21 heavy (non-hydrogen) atoms. The first-order chi connectivity index (χ1) is 10.3. The molecule has 0 bridgehead atoms. The summed E-state index contributed by atoms with van der Waals surface area (Å²) in [6.45, 7) is 1.82. The van der Waals surface area contributed by atoms with E-state index in [1.165, 1.54) is 11.3 Å². The molecule has 0 saturated carbocycles. The number of fused-ring (bicyclic) bond motifs is 1. The van der Waals surface area contributed by atoms with Crippen LogP contribution < -0.4 is 9.47 Å². The topological polar surface area (TPSA) is 51.7 Å². The van der Waals surface area contributed by atoms with Crippen LogP contribution >= 0.6 is 22.7 Å². The number of aromatic nitrogens is 1. The molecule has 0 N–H and O–H groups in total. The van der Waals surface area contributed by atoms with Gasteiger partial charge in [-0.25, -0.2) is 4.98 Å². The normalized spacial score (nSPS) is 20.8. The zero-order chi connectivity index (χ0) is 14.2. The Labute approximate surface area is 130 Å². The van der Waals surface area contributed by atoms with Crippen LogP contribution in [0.2, 0.25) is 0 Å². The summed E-state index contributed by atoms with van der Waals surface area (Å²) in [7, 11) is 0. The summed E-state index contributed by atoms with van der Waals surface area (Å²) in [6, 6.07) is 0.0970. The van der Waals surface area contributed by atoms with E-state index in [0.717, 1.165) is 24.4 Å². The van der Waals surface area contributed by atoms with Crippen molar-refractivity contribution in [2.24, 2.45) is 0 Å². The first-order valence-corrected chi connectivity index (χ1v) is 8.68. The summed E-state index contributed by atoms with van der Waals surface area (Å²) >= 11 is 3.01. The summed E-state index contributed by atoms with van der Waals surface area (Å²) in [5.74, 6) is 1.34. The molecule has 110 valence electrons. The van der Waals surface area contributed by atoms with E-state index in [-0.39, 0.29) is 11.9 Å². The number of rotatable bonds is 2. The minimum Gasteiger partial charge on any atom is -0.485 e. The van der Waals surface area contributed by atoms with Crippen LogP contribution in [0.1, 0.15) is 33.6 Å². The highest BCUT2D eigenvalue weighted by molar-refractivity contribution is 7.12. The van der Waals surface area contributed by atoms with Gasteiger partial charge in [-0.15, -0.1) is 22.7 Å². The zero-order valence-electron chi connectivity index (χ0n) is 11.3. The van der Waals surface area contributed by atoms with Crippen LogP contribution in [0.5, 0.6) is 11.5 Å². The van der Waals surface area contributed by atoms with Crippen molar-refractivity contribution >= 4 is 28.6 Å². The second-order valence-electron chi connectivity index (χ2n) is 4.98. The number of nitrogens with zero attached hydrogens (tertiary/aromatic N) is 2. The first-order valence-electron chi connectivity index (χ1n) is 6.92. The van der Waals surface area contributed by atoms with E-state index in [0.29, 0.717) is 29.6 Å². The van der Waals surface area contributed by atoms with Crippen LogP contribution in [-0.4, -0.2) is 35.5 Å². The van der Waals surface area contributed by atoms with E-state index in [1.807, 2.05) is 15.7 Å². The predicted molar refractivity (Wildman–Crippen MR) is 80.4 cm³/mol. The second kappa shape index (κ2) is 5.31. The van der Waals surface area contributed by atoms with Crippen LogP contribution in [-0.2, 0) is 0 Å². The molecule has 4 heterocycles. The van der Waals surface area contributed by atoms with E-state index in [1.54, 1.807) is 17.5 Å². The molecular weight excluding hydrogens is 308 g/mol. The Morgan fingerprint density at radius 1 is 1.33 bits per heavy atom. The molecule has 0 aliphatic carbocycles. The number of thiophene rings is 1. The summed E-state index contributed by atoms with van der Waals surface area (Å²) in [4.78, 5) is 19.8. The molecule has 0 aromatic carbocycles. The van der Waals surface area contributed by atoms with Crippen molar-refractivity contribution in [2.75, 3.05) is 19.8 Å². The third-order valence-corrected chi connectivity index (χ3v) is 5.55. The van der Waals surface area contributed by atoms with Gasteiger partial charge in [0.1, 0.15) is 23.1 Å². The van der Waals surface area contributed by atoms with Gasteiger partial charge in [-0.1, -0.05) is 0 Å². The SMILES string of the molecule is O=C(c1scc2c1OCCO2)N1CCC[C@H]1c1nccs1. The van der Waals surface area contributed by atoms with Crippen LogP contribution in [0, 0.1) is 0 Å². The molecule has 7 heteroatoms. The third-order valence-electron chi connectivity index (χ3n) is 3.75. The molecule has 0 spiro atoms. The molecule has 5 nitrogen and oxygen atoms in total. The number of carbonyl (C=O) groups is 1. The Kier molecular flexibility index (Phi) is 3.31. The van der Waals surface area contributed by atoms with Gasteiger partial charge in [-0.05, 0) is 12.8 Å². The lowest BCUT2D eigenvalue weighted by Crippen LogP contribution is -2.30. The highest BCUT2D eigenvalue weighted by atomic mass is 32.1. The summed E-state index contributed by atoms with van der Waals surface area (Å²) in [5.41, 5.74) is 0. The average molecular weight is 322 g/mol. The van der Waals surface area contributed by atoms with Crippen LogP contribution in [0.3, 0.4) is 0 Å². The number of ether oxygens (including phenoxy) is 2. The van der Waals surface area contributed by atoms with Crippen molar-refractivity contribution in [1.82, 2.24) is 9.88 Å². The standard InChI is InChI=1S/C14H14N2O3S2/c17-14(12-11-10(8-21-12)18-5-6-19-11)16-4-1-2-9(16)13-15-3-7-20-13/h3,7-9H,1-2,4-6H2/t9-/m0/s1. The Morgan fingerprint density at radius 2 is 2.24 bits per heavy atom. The van der Waals surface area contributed by atoms with Gasteiger partial charge in [0, 0.05) is 23.5 Å². The fraction of sp³-hybridized carbons (Fsp3) is 0.429. The summed E-state index contributed by atoms with van der Waals surface area (Å²) < 4.78 is 11.1. The fourth-order valence-corrected chi connectivity index (χ4v) is 4.48. The molecule has 4 rings (SSSR count). The van der Waals surface area contributed by atoms with E-state index in [9.17, 15) is 4.79 Å². The van der Waals surface area contributed by atoms with Crippen molar-refractivity contribution in [3.05, 3.63) is 26.8 Å². The first kappa shape index (κ1) is 13.1. The Bertz CT molecular complexity index is 653. The van der Waals surface area contributed by atoms with Gasteiger partial charge in [0.25, 0.3) is 5.91 Å². The minimum atomic E-state index is 0.0319. The number of carbonyl (C=O) groups excluding carboxylic acids is 1. The van der Waals surface area contributed by atoms with Crippen molar-refractivity contribution in [1.29, 1.82) is 0 Å². The van der Waals surface area contributed by atoms with Gasteiger partial charge < -0.3 is 14.4 Å². The van der Waals surface area contributed by atoms with Gasteiger partial charge in [-0.3, -0.25) is 4.79 Å². The lowest BCUT2D eigenvalue weighted by Gasteiger charge is -2.23. The Hall–Kier alpha value is -1.60. The van der Waals surface area contributed by atoms with Crippen molar-refractivity contribution in [3.63, 3.8) is 0 Å². The van der Waals surface area contributed by atoms with Crippen LogP contribution in [0.15, 0.2) is 17.0 Å². The number of hydrogen-bond donors (Lipinski definition) is 0. The average Bonchev–Trinajstić information content (AvgIpc) is 3.25. The summed E-state index contributed by atoms with van der Waals surface area (Å²) in [5, 5.41) is 4.83. The molecule has 0 radical (unpaired) electrons. The van der Waals surface area contributed by atoms with Gasteiger partial charge in [0.05, 0.1) is 6.04 Å². The Balaban J connectivity index is 1.63. The maximum Gasteiger partial charge on any atom is 0.268 e. The molecule has 2 aromatic rings. The molecule has 2 aromatic heterocycles. The fourth-order valence-electron chi connectivity index (χ4n) is 2.81. The minimum absolute atomic E-state index is 0.0319. The summed E-state index contributed by atoms with van der Waals surface area (Å²) in [6.07, 6.45) is 3.79. The number of likely N-dealkylation sites (tertiary alicyclic amines) is 1. The molecule has 2 aliphatic rings. The highest BCUT2D eigenvalue weighted by Crippen LogP contribution is 2.42. The lowest BCUT2D eigenvalue weighted by atomic mass is 10.2. The Morgan fingerprint density at radius 3 is 3.10 bits per heavy atom. The predicted octanol–water partition coefficient (Wildman–Crippen LogP) is 2.95. The zero-order valence-corrected chi connectivity index (χ0v) is 12.9. The number of amides is 1. The molecular formula is C14H14N2O3S2. The maximum atomic E-state index is 12.9. The molecule has 1 atom stereocenters. The largest absolute Gasteiger partial charge is 0.485 e. The van der Waals surface area contributed by atoms with Crippen LogP contribution in [0.4, 0.5) is 0 Å². The molecule has 1 saturated heterocycles. The highest BCUT2D eigenvalue weighted by Gasteiger charge is 2.35. The van der Waals surface area contributed by atoms with Crippen molar-refractivity contribution < 1.29 is 14.3 Å². The maximum absolute atomic E-state index is 12.9. The smallest absolute Gasteiger partial charge is 0.268 e. The van der Waals surface area contributed by atoms with E-state index in [2.05, 4.69) is 4.98 Å². The van der Waals surface area contributed by atoms with E-state index < -0.39 is 0 Å². The molecule has 0 unspecified atom stereocenters. The van der Waals surface area contributed by atoms with E-state index in [4.69, 9.17) is 9.47 Å². The van der Waals surface area contributed by atoms with Gasteiger partial charge >= 0.3 is 0 Å². The quantitative estimate of drug-likeness (QED) is 0.853. The molecule has 1 fully saturated rings. The van der Waals surface area contributed by atoms with E-state index >= 15 is 0 Å². The monoisotopic (exact) mass is 322 g/mol. The van der Waals surface area contributed by atoms with Crippen molar-refractivity contribution in [3.8, 4) is 11.5 Å². The lowest BCUT2D eigenvalue weighted by molar-refractivity contribution is 0.0731. The van der Waals surface area contributed by atoms with Crippen molar-refractivity contribution in [2.45, 2.75) is 18.9 Å². The number of hydrogen-bond acceptors (Lipinski definition) is 6. The second-order valence-corrected chi connectivity index (χ2v) is 6.79. The molecule has 2 aliphatic heterocycles. The van der Waals surface area contributed by atoms with Gasteiger partial charge in [-0.2, -0.15) is 0 Å². The number of thiazole rings is 1. The third kappa shape index (κ3) is 2.20. The van der Waals surface area contributed by atoms with Gasteiger partial charge in [0.15, 0.2) is 11.5 Å². The van der Waals surface area contributed by atoms with Gasteiger partial charge in [0.2, 0.25) is 0 Å².